The number of rotatable bonds is 5. The minimum absolute atomic E-state index is 0.158. The van der Waals surface area contributed by atoms with E-state index in [2.05, 4.69) is 11.2 Å². The van der Waals surface area contributed by atoms with Crippen LogP contribution in [0.15, 0.2) is 59.6 Å². The third kappa shape index (κ3) is 3.23. The lowest BCUT2D eigenvalue weighted by atomic mass is 10.2. The molecule has 1 radical (unpaired) electrons. The van der Waals surface area contributed by atoms with Crippen LogP contribution in [0.4, 0.5) is 5.69 Å². The van der Waals surface area contributed by atoms with Crippen molar-refractivity contribution in [2.24, 2.45) is 0 Å². The smallest absolute Gasteiger partial charge is 0.269 e. The molecule has 0 aliphatic carbocycles. The van der Waals surface area contributed by atoms with Crippen molar-refractivity contribution in [3.63, 3.8) is 0 Å². The first-order chi connectivity index (χ1) is 11.9. The van der Waals surface area contributed by atoms with Crippen LogP contribution in [0.5, 0.6) is 5.75 Å². The molecule has 0 aliphatic heterocycles. The van der Waals surface area contributed by atoms with Gasteiger partial charge in [-0.15, -0.1) is 0 Å². The normalized spacial score (nSPS) is 11.3. The van der Waals surface area contributed by atoms with E-state index >= 15 is 0 Å². The Balaban J connectivity index is 2.02. The van der Waals surface area contributed by atoms with Gasteiger partial charge in [-0.1, -0.05) is 0 Å². The number of methoxy groups -OCH3 is 1. The summed E-state index contributed by atoms with van der Waals surface area (Å²) in [7, 11) is 1.65. The number of hydrogen-bond acceptors (Lipinski definition) is 5. The summed E-state index contributed by atoms with van der Waals surface area (Å²) < 4.78 is 32.0. The quantitative estimate of drug-likeness (QED) is 0.703. The van der Waals surface area contributed by atoms with Crippen LogP contribution in [0.1, 0.15) is 0 Å². The van der Waals surface area contributed by atoms with Crippen LogP contribution in [0.3, 0.4) is 0 Å². The summed E-state index contributed by atoms with van der Waals surface area (Å²) >= 11 is 0. The van der Waals surface area contributed by atoms with E-state index in [9.17, 15) is 8.42 Å². The second-order valence-electron chi connectivity index (χ2n) is 5.61. The van der Waals surface area contributed by atoms with Crippen LogP contribution >= 0.6 is 0 Å². The van der Waals surface area contributed by atoms with E-state index in [0.29, 0.717) is 17.1 Å². The van der Waals surface area contributed by atoms with Crippen LogP contribution in [-0.4, -0.2) is 38.6 Å². The zero-order valence-corrected chi connectivity index (χ0v) is 15.0. The zero-order chi connectivity index (χ0) is 18.0. The van der Waals surface area contributed by atoms with Gasteiger partial charge in [0.2, 0.25) is 0 Å². The predicted molar refractivity (Wildman–Crippen MR) is 96.4 cm³/mol. The topological polar surface area (TPSA) is 64.4 Å². The Kier molecular flexibility index (Phi) is 4.50. The molecule has 0 atom stereocenters. The molecule has 0 saturated carbocycles. The Labute approximate surface area is 147 Å². The van der Waals surface area contributed by atoms with Gasteiger partial charge in [0.05, 0.1) is 18.2 Å². The maximum absolute atomic E-state index is 12.9. The Hall–Kier alpha value is -2.80. The average Bonchev–Trinajstić information content (AvgIpc) is 3.12. The number of aromatic nitrogens is 2. The summed E-state index contributed by atoms with van der Waals surface area (Å²) in [5.41, 5.74) is 1.72. The lowest BCUT2D eigenvalue weighted by Crippen LogP contribution is -2.13. The fourth-order valence-electron chi connectivity index (χ4n) is 2.40. The molecule has 3 rings (SSSR count). The molecule has 0 bridgehead atoms. The lowest BCUT2D eigenvalue weighted by Gasteiger charge is -2.13. The first-order valence-electron chi connectivity index (χ1n) is 7.56. The molecule has 0 fully saturated rings. The van der Waals surface area contributed by atoms with Crippen molar-refractivity contribution in [1.29, 1.82) is 0 Å². The fraction of sp³-hybridized carbons (Fsp3) is 0.167. The Bertz CT molecular complexity index is 960. The van der Waals surface area contributed by atoms with E-state index in [1.165, 1.54) is 25.4 Å². The highest BCUT2D eigenvalue weighted by molar-refractivity contribution is 7.90. The van der Waals surface area contributed by atoms with Crippen LogP contribution in [-0.2, 0) is 10.0 Å². The fourth-order valence-corrected chi connectivity index (χ4v) is 3.66. The summed E-state index contributed by atoms with van der Waals surface area (Å²) in [6.07, 6.45) is 3.96. The molecule has 1 aromatic heterocycles. The molecule has 0 spiro atoms. The summed E-state index contributed by atoms with van der Waals surface area (Å²) in [4.78, 5) is 6.23. The number of hydrogen-bond donors (Lipinski definition) is 0. The summed E-state index contributed by atoms with van der Waals surface area (Å²) in [5.74, 6) is 0.914. The van der Waals surface area contributed by atoms with Gasteiger partial charge >= 0.3 is 0 Å². The number of nitrogens with zero attached hydrogens (tertiary/aromatic N) is 3. The molecule has 3 aromatic rings. The van der Waals surface area contributed by atoms with Crippen molar-refractivity contribution in [1.82, 2.24) is 8.96 Å². The Morgan fingerprint density at radius 1 is 1.04 bits per heavy atom. The molecule has 7 heteroatoms. The minimum Gasteiger partial charge on any atom is -0.497 e. The molecule has 0 N–H and O–H groups in total. The molecule has 0 saturated heterocycles. The monoisotopic (exact) mass is 356 g/mol. The van der Waals surface area contributed by atoms with Crippen molar-refractivity contribution in [3.05, 3.63) is 60.9 Å². The molecule has 1 heterocycles. The van der Waals surface area contributed by atoms with E-state index < -0.39 is 10.0 Å². The van der Waals surface area contributed by atoms with Gasteiger partial charge in [-0.25, -0.2) is 17.4 Å². The number of imidazole rings is 1. The molecular weight excluding hydrogens is 338 g/mol. The second kappa shape index (κ2) is 6.60. The molecular formula is C18H18N3O3S. The van der Waals surface area contributed by atoms with Gasteiger partial charge in [0, 0.05) is 25.3 Å². The van der Waals surface area contributed by atoms with Gasteiger partial charge in [0.15, 0.2) is 5.82 Å². The molecule has 0 amide bonds. The standard InChI is InChI=1S/C18H18N3O3S/c1-20(2)15-6-4-14(5-7-15)18-19-12-13-21(18)25(22,23)17-10-8-16(24-3)9-11-17/h4-11,13H,1-3H3. The van der Waals surface area contributed by atoms with E-state index in [1.807, 2.05) is 43.3 Å². The summed E-state index contributed by atoms with van der Waals surface area (Å²) in [6.45, 7) is 0. The summed E-state index contributed by atoms with van der Waals surface area (Å²) in [6, 6.07) is 13.7. The minimum atomic E-state index is -3.77. The van der Waals surface area contributed by atoms with Crippen LogP contribution in [0, 0.1) is 6.20 Å². The van der Waals surface area contributed by atoms with Crippen LogP contribution in [0.25, 0.3) is 11.4 Å². The van der Waals surface area contributed by atoms with Gasteiger partial charge in [-0.05, 0) is 48.5 Å². The van der Waals surface area contributed by atoms with Crippen molar-refractivity contribution >= 4 is 15.7 Å². The molecule has 129 valence electrons. The first kappa shape index (κ1) is 17.0. The third-order valence-corrected chi connectivity index (χ3v) is 5.48. The van der Waals surface area contributed by atoms with Gasteiger partial charge < -0.3 is 9.64 Å². The highest BCUT2D eigenvalue weighted by Gasteiger charge is 2.21. The van der Waals surface area contributed by atoms with Crippen LogP contribution < -0.4 is 9.64 Å². The van der Waals surface area contributed by atoms with E-state index in [4.69, 9.17) is 4.74 Å². The van der Waals surface area contributed by atoms with Crippen molar-refractivity contribution in [2.45, 2.75) is 4.90 Å². The largest absolute Gasteiger partial charge is 0.497 e. The Morgan fingerprint density at radius 2 is 1.68 bits per heavy atom. The molecule has 2 aromatic carbocycles. The van der Waals surface area contributed by atoms with Crippen molar-refractivity contribution in [2.75, 3.05) is 26.1 Å². The molecule has 0 aliphatic rings. The summed E-state index contributed by atoms with van der Waals surface area (Å²) in [5, 5.41) is 0. The molecule has 0 unspecified atom stereocenters. The maximum atomic E-state index is 12.9. The number of benzene rings is 2. The number of ether oxygens (including phenoxy) is 1. The van der Waals surface area contributed by atoms with Gasteiger partial charge in [0.1, 0.15) is 11.9 Å². The van der Waals surface area contributed by atoms with E-state index in [-0.39, 0.29) is 4.90 Å². The maximum Gasteiger partial charge on any atom is 0.269 e. The average molecular weight is 356 g/mol. The highest BCUT2D eigenvalue weighted by atomic mass is 32.2. The lowest BCUT2D eigenvalue weighted by molar-refractivity contribution is 0.414. The van der Waals surface area contributed by atoms with Crippen molar-refractivity contribution in [3.8, 4) is 17.1 Å². The van der Waals surface area contributed by atoms with Gasteiger partial charge in [-0.2, -0.15) is 0 Å². The molecule has 25 heavy (non-hydrogen) atoms. The Morgan fingerprint density at radius 3 is 2.24 bits per heavy atom. The van der Waals surface area contributed by atoms with Crippen LogP contribution in [0.2, 0.25) is 0 Å². The first-order valence-corrected chi connectivity index (χ1v) is 9.00. The van der Waals surface area contributed by atoms with E-state index in [1.54, 1.807) is 12.1 Å². The second-order valence-corrected chi connectivity index (χ2v) is 7.43. The molecule has 6 nitrogen and oxygen atoms in total. The highest BCUT2D eigenvalue weighted by Crippen LogP contribution is 2.25. The van der Waals surface area contributed by atoms with E-state index in [0.717, 1.165) is 9.66 Å². The third-order valence-electron chi connectivity index (χ3n) is 3.81. The van der Waals surface area contributed by atoms with Crippen molar-refractivity contribution < 1.29 is 13.2 Å². The zero-order valence-electron chi connectivity index (χ0n) is 14.2. The number of anilines is 1. The van der Waals surface area contributed by atoms with Gasteiger partial charge in [0.25, 0.3) is 10.0 Å². The van der Waals surface area contributed by atoms with Gasteiger partial charge in [-0.3, -0.25) is 0 Å². The SMILES string of the molecule is COc1ccc(S(=O)(=O)n2c[c]nc2-c2ccc(N(C)C)cc2)cc1. The predicted octanol–water partition coefficient (Wildman–Crippen LogP) is 2.66.